The molecule has 0 aliphatic rings. The van der Waals surface area contributed by atoms with Gasteiger partial charge in [-0.05, 0) is 24.2 Å². The highest BCUT2D eigenvalue weighted by Crippen LogP contribution is 2.38. The first-order chi connectivity index (χ1) is 8.88. The summed E-state index contributed by atoms with van der Waals surface area (Å²) in [6, 6.07) is 4.34. The van der Waals surface area contributed by atoms with Crippen LogP contribution in [-0.2, 0) is 12.7 Å². The fourth-order valence-electron chi connectivity index (χ4n) is 1.53. The summed E-state index contributed by atoms with van der Waals surface area (Å²) in [5, 5.41) is 11.7. The van der Waals surface area contributed by atoms with Gasteiger partial charge in [-0.3, -0.25) is 0 Å². The molecule has 1 rings (SSSR count). The van der Waals surface area contributed by atoms with Crippen molar-refractivity contribution in [1.82, 2.24) is 5.32 Å². The van der Waals surface area contributed by atoms with E-state index >= 15 is 0 Å². The van der Waals surface area contributed by atoms with Crippen molar-refractivity contribution in [2.24, 2.45) is 0 Å². The molecule has 0 aliphatic carbocycles. The van der Waals surface area contributed by atoms with E-state index in [9.17, 15) is 13.2 Å². The largest absolute Gasteiger partial charge is 0.417 e. The number of thioether (sulfide) groups is 1. The van der Waals surface area contributed by atoms with Gasteiger partial charge in [0.2, 0.25) is 0 Å². The maximum absolute atomic E-state index is 13.0. The number of halogens is 3. The summed E-state index contributed by atoms with van der Waals surface area (Å²) in [6.07, 6.45) is -4.38. The van der Waals surface area contributed by atoms with Gasteiger partial charge in [0.1, 0.15) is 0 Å². The van der Waals surface area contributed by atoms with Crippen LogP contribution in [0, 0.1) is 0 Å². The van der Waals surface area contributed by atoms with E-state index in [1.54, 1.807) is 13.0 Å². The van der Waals surface area contributed by atoms with Gasteiger partial charge in [-0.25, -0.2) is 0 Å². The van der Waals surface area contributed by atoms with Crippen LogP contribution in [0.4, 0.5) is 13.2 Å². The van der Waals surface area contributed by atoms with Crippen LogP contribution in [0.5, 0.6) is 0 Å². The zero-order chi connectivity index (χ0) is 14.5. The van der Waals surface area contributed by atoms with Gasteiger partial charge in [0.25, 0.3) is 0 Å². The number of hydrogen-bond acceptors (Lipinski definition) is 3. The minimum Gasteiger partial charge on any atom is -0.395 e. The molecular formula is C13H18F3NOS. The van der Waals surface area contributed by atoms with Crippen molar-refractivity contribution in [2.45, 2.75) is 36.7 Å². The summed E-state index contributed by atoms with van der Waals surface area (Å²) in [5.41, 5.74) is -0.0246. The van der Waals surface area contributed by atoms with E-state index in [0.29, 0.717) is 18.7 Å². The lowest BCUT2D eigenvalue weighted by Gasteiger charge is -2.16. The molecule has 1 unspecified atom stereocenters. The summed E-state index contributed by atoms with van der Waals surface area (Å²) in [4.78, 5) is 0.161. The first kappa shape index (κ1) is 16.3. The van der Waals surface area contributed by atoms with E-state index in [-0.39, 0.29) is 16.8 Å². The molecule has 1 atom stereocenters. The molecule has 1 aromatic rings. The average molecular weight is 293 g/mol. The van der Waals surface area contributed by atoms with Gasteiger partial charge < -0.3 is 10.4 Å². The number of aliphatic hydroxyl groups is 1. The normalized spacial score (nSPS) is 13.6. The van der Waals surface area contributed by atoms with Gasteiger partial charge in [-0.1, -0.05) is 19.9 Å². The molecule has 2 nitrogen and oxygen atoms in total. The predicted molar refractivity (Wildman–Crippen MR) is 71.2 cm³/mol. The number of alkyl halides is 3. The van der Waals surface area contributed by atoms with E-state index < -0.39 is 11.7 Å². The Balaban J connectivity index is 3.03. The molecular weight excluding hydrogens is 275 g/mol. The lowest BCUT2D eigenvalue weighted by molar-refractivity contribution is -0.139. The number of benzene rings is 1. The van der Waals surface area contributed by atoms with Gasteiger partial charge >= 0.3 is 6.18 Å². The van der Waals surface area contributed by atoms with Crippen LogP contribution in [0.3, 0.4) is 0 Å². The SMILES string of the molecule is CCNCc1ccc(SC(C)CO)c(C(F)(F)F)c1. The Kier molecular flexibility index (Phi) is 6.16. The zero-order valence-electron chi connectivity index (χ0n) is 10.9. The standard InChI is InChI=1S/C13H18F3NOS/c1-3-17-7-10-4-5-12(19-9(2)8-18)11(6-10)13(14,15)16/h4-6,9,17-18H,3,7-8H2,1-2H3. The Morgan fingerprint density at radius 1 is 1.37 bits per heavy atom. The van der Waals surface area contributed by atoms with E-state index in [1.165, 1.54) is 12.1 Å². The Hall–Kier alpha value is -0.720. The molecule has 1 aromatic carbocycles. The molecule has 108 valence electrons. The van der Waals surface area contributed by atoms with Crippen LogP contribution >= 0.6 is 11.8 Å². The highest BCUT2D eigenvalue weighted by molar-refractivity contribution is 8.00. The molecule has 6 heteroatoms. The minimum atomic E-state index is -4.38. The quantitative estimate of drug-likeness (QED) is 0.789. The van der Waals surface area contributed by atoms with Crippen LogP contribution in [0.25, 0.3) is 0 Å². The summed E-state index contributed by atoms with van der Waals surface area (Å²) in [6.45, 7) is 4.57. The maximum atomic E-state index is 13.0. The first-order valence-electron chi connectivity index (χ1n) is 6.06. The third-order valence-electron chi connectivity index (χ3n) is 2.51. The predicted octanol–water partition coefficient (Wildman–Crippen LogP) is 3.29. The molecule has 0 spiro atoms. The van der Waals surface area contributed by atoms with Crippen LogP contribution < -0.4 is 5.32 Å². The number of aliphatic hydroxyl groups excluding tert-OH is 1. The van der Waals surface area contributed by atoms with Gasteiger partial charge in [-0.15, -0.1) is 11.8 Å². The van der Waals surface area contributed by atoms with Gasteiger partial charge in [0, 0.05) is 16.7 Å². The second-order valence-electron chi connectivity index (χ2n) is 4.22. The molecule has 0 radical (unpaired) electrons. The Labute approximate surface area is 115 Å². The third kappa shape index (κ3) is 5.04. The highest BCUT2D eigenvalue weighted by atomic mass is 32.2. The van der Waals surface area contributed by atoms with E-state index in [2.05, 4.69) is 5.32 Å². The lowest BCUT2D eigenvalue weighted by Crippen LogP contribution is -2.14. The van der Waals surface area contributed by atoms with Crippen molar-refractivity contribution in [1.29, 1.82) is 0 Å². The van der Waals surface area contributed by atoms with Gasteiger partial charge in [-0.2, -0.15) is 13.2 Å². The van der Waals surface area contributed by atoms with Crippen molar-refractivity contribution >= 4 is 11.8 Å². The average Bonchev–Trinajstić information content (AvgIpc) is 2.36. The number of hydrogen-bond donors (Lipinski definition) is 2. The summed E-state index contributed by atoms with van der Waals surface area (Å²) < 4.78 is 39.0. The van der Waals surface area contributed by atoms with E-state index in [1.807, 2.05) is 6.92 Å². The third-order valence-corrected chi connectivity index (χ3v) is 3.68. The minimum absolute atomic E-state index is 0.152. The van der Waals surface area contributed by atoms with E-state index in [4.69, 9.17) is 5.11 Å². The molecule has 0 heterocycles. The molecule has 0 saturated heterocycles. The number of rotatable bonds is 6. The van der Waals surface area contributed by atoms with Crippen molar-refractivity contribution in [3.63, 3.8) is 0 Å². The van der Waals surface area contributed by atoms with Crippen LogP contribution in [0.15, 0.2) is 23.1 Å². The molecule has 0 aliphatic heterocycles. The molecule has 0 amide bonds. The molecule has 0 saturated carbocycles. The zero-order valence-corrected chi connectivity index (χ0v) is 11.7. The fraction of sp³-hybridized carbons (Fsp3) is 0.538. The summed E-state index contributed by atoms with van der Waals surface area (Å²) in [7, 11) is 0. The van der Waals surface area contributed by atoms with Crippen molar-refractivity contribution in [3.8, 4) is 0 Å². The molecule has 0 bridgehead atoms. The molecule has 0 aromatic heterocycles. The van der Waals surface area contributed by atoms with Crippen LogP contribution in [0.2, 0.25) is 0 Å². The highest BCUT2D eigenvalue weighted by Gasteiger charge is 2.34. The molecule has 0 fully saturated rings. The lowest BCUT2D eigenvalue weighted by atomic mass is 10.1. The van der Waals surface area contributed by atoms with Gasteiger partial charge in [0.15, 0.2) is 0 Å². The molecule has 19 heavy (non-hydrogen) atoms. The summed E-state index contributed by atoms with van der Waals surface area (Å²) in [5.74, 6) is 0. The molecule has 2 N–H and O–H groups in total. The fourth-order valence-corrected chi connectivity index (χ4v) is 2.49. The Morgan fingerprint density at radius 2 is 2.05 bits per heavy atom. The summed E-state index contributed by atoms with van der Waals surface area (Å²) >= 11 is 1.04. The van der Waals surface area contributed by atoms with Crippen molar-refractivity contribution in [3.05, 3.63) is 29.3 Å². The second kappa shape index (κ2) is 7.17. The van der Waals surface area contributed by atoms with Gasteiger partial charge in [0.05, 0.1) is 12.2 Å². The van der Waals surface area contributed by atoms with Crippen LogP contribution in [0.1, 0.15) is 25.0 Å². The second-order valence-corrected chi connectivity index (χ2v) is 5.70. The van der Waals surface area contributed by atoms with Crippen molar-refractivity contribution < 1.29 is 18.3 Å². The maximum Gasteiger partial charge on any atom is 0.417 e. The Morgan fingerprint density at radius 3 is 2.58 bits per heavy atom. The monoisotopic (exact) mass is 293 g/mol. The first-order valence-corrected chi connectivity index (χ1v) is 6.94. The van der Waals surface area contributed by atoms with Crippen LogP contribution in [-0.4, -0.2) is 23.5 Å². The smallest absolute Gasteiger partial charge is 0.395 e. The number of nitrogens with one attached hydrogen (secondary N) is 1. The van der Waals surface area contributed by atoms with E-state index in [0.717, 1.165) is 11.8 Å². The Bertz CT molecular complexity index is 409. The topological polar surface area (TPSA) is 32.3 Å². The van der Waals surface area contributed by atoms with Crippen molar-refractivity contribution in [2.75, 3.05) is 13.2 Å².